The largest absolute Gasteiger partial charge is 0.454 e. The van der Waals surface area contributed by atoms with Gasteiger partial charge in [0.2, 0.25) is 0 Å². The summed E-state index contributed by atoms with van der Waals surface area (Å²) in [6.45, 7) is 2.05. The van der Waals surface area contributed by atoms with Crippen LogP contribution in [0.3, 0.4) is 0 Å². The van der Waals surface area contributed by atoms with Gasteiger partial charge in [-0.05, 0) is 18.2 Å². The zero-order valence-electron chi connectivity index (χ0n) is 13.9. The summed E-state index contributed by atoms with van der Waals surface area (Å²) < 4.78 is 17.2. The third-order valence-electron chi connectivity index (χ3n) is 3.52. The van der Waals surface area contributed by atoms with Crippen LogP contribution in [0.25, 0.3) is 0 Å². The normalized spacial score (nSPS) is 10.8. The van der Waals surface area contributed by atoms with Gasteiger partial charge in [0.05, 0.1) is 19.8 Å². The van der Waals surface area contributed by atoms with E-state index >= 15 is 0 Å². The Balaban J connectivity index is 2.08. The van der Waals surface area contributed by atoms with E-state index in [0.29, 0.717) is 32.1 Å². The fourth-order valence-electron chi connectivity index (χ4n) is 2.21. The Hall–Kier alpha value is -2.38. The first-order valence-corrected chi connectivity index (χ1v) is 7.67. The van der Waals surface area contributed by atoms with Gasteiger partial charge in [-0.15, -0.1) is 0 Å². The minimum Gasteiger partial charge on any atom is -0.454 e. The van der Waals surface area contributed by atoms with E-state index in [9.17, 15) is 9.59 Å². The van der Waals surface area contributed by atoms with Crippen LogP contribution >= 0.6 is 0 Å². The van der Waals surface area contributed by atoms with E-state index in [1.807, 2.05) is 0 Å². The molecule has 0 aliphatic rings. The van der Waals surface area contributed by atoms with Crippen molar-refractivity contribution in [3.63, 3.8) is 0 Å². The zero-order chi connectivity index (χ0) is 17.4. The molecule has 2 heterocycles. The molecule has 0 unspecified atom stereocenters. The Kier molecular flexibility index (Phi) is 6.77. The van der Waals surface area contributed by atoms with Crippen LogP contribution in [-0.4, -0.2) is 55.9 Å². The summed E-state index contributed by atoms with van der Waals surface area (Å²) in [6.07, 6.45) is 1.68. The monoisotopic (exact) mass is 334 g/mol. The van der Waals surface area contributed by atoms with Gasteiger partial charge < -0.3 is 23.4 Å². The Morgan fingerprint density at radius 1 is 1.12 bits per heavy atom. The van der Waals surface area contributed by atoms with Crippen molar-refractivity contribution >= 4 is 5.91 Å². The van der Waals surface area contributed by atoms with Gasteiger partial charge in [0.1, 0.15) is 5.76 Å². The lowest BCUT2D eigenvalue weighted by Gasteiger charge is -2.20. The van der Waals surface area contributed by atoms with Crippen LogP contribution in [0.2, 0.25) is 0 Å². The van der Waals surface area contributed by atoms with Gasteiger partial charge >= 0.3 is 0 Å². The predicted octanol–water partition coefficient (Wildman–Crippen LogP) is 1.22. The number of ether oxygens (including phenoxy) is 2. The van der Waals surface area contributed by atoms with Crippen molar-refractivity contribution in [1.29, 1.82) is 0 Å². The van der Waals surface area contributed by atoms with E-state index in [-0.39, 0.29) is 23.8 Å². The topological polar surface area (TPSA) is 73.9 Å². The average Bonchev–Trinajstić information content (AvgIpc) is 3.05. The van der Waals surface area contributed by atoms with Crippen LogP contribution in [0.5, 0.6) is 0 Å². The lowest BCUT2D eigenvalue weighted by Crippen LogP contribution is -2.36. The van der Waals surface area contributed by atoms with E-state index in [2.05, 4.69) is 0 Å². The molecule has 2 aromatic heterocycles. The number of rotatable bonds is 9. The quantitative estimate of drug-likeness (QED) is 0.689. The van der Waals surface area contributed by atoms with E-state index in [1.54, 1.807) is 49.6 Å². The number of carbonyl (C=O) groups is 1. The molecule has 0 spiro atoms. The maximum atomic E-state index is 12.5. The van der Waals surface area contributed by atoms with Gasteiger partial charge in [-0.2, -0.15) is 0 Å². The van der Waals surface area contributed by atoms with Crippen LogP contribution in [0.4, 0.5) is 0 Å². The lowest BCUT2D eigenvalue weighted by atomic mass is 10.3. The van der Waals surface area contributed by atoms with Crippen molar-refractivity contribution in [2.24, 2.45) is 0 Å². The van der Waals surface area contributed by atoms with Gasteiger partial charge in [-0.3, -0.25) is 9.59 Å². The second-order valence-electron chi connectivity index (χ2n) is 5.21. The van der Waals surface area contributed by atoms with Crippen molar-refractivity contribution in [3.05, 3.63) is 58.4 Å². The molecule has 0 aliphatic carbocycles. The summed E-state index contributed by atoms with van der Waals surface area (Å²) >= 11 is 0. The number of pyridine rings is 1. The Morgan fingerprint density at radius 3 is 2.46 bits per heavy atom. The third kappa shape index (κ3) is 4.81. The van der Waals surface area contributed by atoms with Gasteiger partial charge in [0, 0.05) is 39.6 Å². The molecule has 7 heteroatoms. The minimum atomic E-state index is -0.226. The highest BCUT2D eigenvalue weighted by molar-refractivity contribution is 5.91. The number of carbonyl (C=O) groups excluding carboxylic acids is 1. The highest BCUT2D eigenvalue weighted by atomic mass is 16.5. The molecule has 2 rings (SSSR count). The van der Waals surface area contributed by atoms with Crippen molar-refractivity contribution in [2.45, 2.75) is 6.54 Å². The van der Waals surface area contributed by atoms with Gasteiger partial charge in [0.25, 0.3) is 11.5 Å². The SMILES string of the molecule is COCCN(CCOC)C(=O)c1ccc(Cn2ccccc2=O)o1. The molecule has 0 aromatic carbocycles. The molecule has 2 aromatic rings. The summed E-state index contributed by atoms with van der Waals surface area (Å²) in [6, 6.07) is 8.26. The summed E-state index contributed by atoms with van der Waals surface area (Å²) in [7, 11) is 3.17. The fourth-order valence-corrected chi connectivity index (χ4v) is 2.21. The summed E-state index contributed by atoms with van der Waals surface area (Å²) in [5.41, 5.74) is -0.122. The fraction of sp³-hybridized carbons (Fsp3) is 0.412. The second-order valence-corrected chi connectivity index (χ2v) is 5.21. The van der Waals surface area contributed by atoms with E-state index in [4.69, 9.17) is 13.9 Å². The predicted molar refractivity (Wildman–Crippen MR) is 88.2 cm³/mol. The second kappa shape index (κ2) is 9.05. The number of aromatic nitrogens is 1. The molecule has 0 saturated heterocycles. The van der Waals surface area contributed by atoms with Crippen LogP contribution in [0, 0.1) is 0 Å². The lowest BCUT2D eigenvalue weighted by molar-refractivity contribution is 0.0596. The minimum absolute atomic E-state index is 0.122. The molecule has 0 radical (unpaired) electrons. The third-order valence-corrected chi connectivity index (χ3v) is 3.52. The number of furan rings is 1. The summed E-state index contributed by atoms with van der Waals surface area (Å²) in [5, 5.41) is 0. The van der Waals surface area contributed by atoms with Crippen molar-refractivity contribution in [3.8, 4) is 0 Å². The number of amides is 1. The Morgan fingerprint density at radius 2 is 1.83 bits per heavy atom. The maximum absolute atomic E-state index is 12.5. The first kappa shape index (κ1) is 18.0. The first-order chi connectivity index (χ1) is 11.7. The summed E-state index contributed by atoms with van der Waals surface area (Å²) in [5.74, 6) is 0.557. The van der Waals surface area contributed by atoms with E-state index < -0.39 is 0 Å². The van der Waals surface area contributed by atoms with Crippen LogP contribution in [0.1, 0.15) is 16.3 Å². The van der Waals surface area contributed by atoms with Gasteiger partial charge in [0.15, 0.2) is 5.76 Å². The number of methoxy groups -OCH3 is 2. The van der Waals surface area contributed by atoms with Gasteiger partial charge in [-0.25, -0.2) is 0 Å². The Labute approximate surface area is 140 Å². The number of nitrogens with zero attached hydrogens (tertiary/aromatic N) is 2. The summed E-state index contributed by atoms with van der Waals surface area (Å²) in [4.78, 5) is 25.9. The van der Waals surface area contributed by atoms with Crippen molar-refractivity contribution < 1.29 is 18.7 Å². The molecule has 0 N–H and O–H groups in total. The molecular formula is C17H22N2O5. The zero-order valence-corrected chi connectivity index (χ0v) is 13.9. The molecule has 0 aliphatic heterocycles. The van der Waals surface area contributed by atoms with E-state index in [0.717, 1.165) is 0 Å². The van der Waals surface area contributed by atoms with Crippen LogP contribution in [-0.2, 0) is 16.0 Å². The highest BCUT2D eigenvalue weighted by Gasteiger charge is 2.19. The molecule has 24 heavy (non-hydrogen) atoms. The molecule has 0 saturated carbocycles. The highest BCUT2D eigenvalue weighted by Crippen LogP contribution is 2.12. The van der Waals surface area contributed by atoms with Gasteiger partial charge in [-0.1, -0.05) is 6.07 Å². The van der Waals surface area contributed by atoms with E-state index in [1.165, 1.54) is 10.6 Å². The molecule has 0 fully saturated rings. The Bertz CT molecular complexity index is 699. The van der Waals surface area contributed by atoms with Crippen LogP contribution < -0.4 is 5.56 Å². The standard InChI is InChI=1S/C17H22N2O5/c1-22-11-9-18(10-12-23-2)17(21)15-7-6-14(24-15)13-19-8-4-3-5-16(19)20/h3-8H,9-13H2,1-2H3. The molecule has 1 amide bonds. The molecule has 0 bridgehead atoms. The molecule has 0 atom stereocenters. The molecular weight excluding hydrogens is 312 g/mol. The smallest absolute Gasteiger partial charge is 0.289 e. The van der Waals surface area contributed by atoms with Crippen molar-refractivity contribution in [2.75, 3.05) is 40.5 Å². The number of hydrogen-bond donors (Lipinski definition) is 0. The molecule has 130 valence electrons. The first-order valence-electron chi connectivity index (χ1n) is 7.67. The average molecular weight is 334 g/mol. The molecule has 7 nitrogen and oxygen atoms in total. The number of hydrogen-bond acceptors (Lipinski definition) is 5. The van der Waals surface area contributed by atoms with Crippen LogP contribution in [0.15, 0.2) is 45.7 Å². The maximum Gasteiger partial charge on any atom is 0.289 e. The van der Waals surface area contributed by atoms with Crippen molar-refractivity contribution in [1.82, 2.24) is 9.47 Å².